The first-order valence-corrected chi connectivity index (χ1v) is 12.5. The lowest BCUT2D eigenvalue weighted by Crippen LogP contribution is -2.38. The van der Waals surface area contributed by atoms with Crippen LogP contribution in [-0.4, -0.2) is 66.9 Å². The molecule has 0 aliphatic rings. The van der Waals surface area contributed by atoms with E-state index in [4.69, 9.17) is 18.5 Å². The van der Waals surface area contributed by atoms with Crippen molar-refractivity contribution in [2.75, 3.05) is 13.2 Å². The first kappa shape index (κ1) is 30.5. The Bertz CT molecular complexity index is 1330. The second kappa shape index (κ2) is 13.2. The smallest absolute Gasteiger partial charge is 0.330 e. The number of aliphatic hydroxyl groups is 2. The highest BCUT2D eigenvalue weighted by atomic mass is 31.2. The predicted molar refractivity (Wildman–Crippen MR) is 125 cm³/mol. The van der Waals surface area contributed by atoms with E-state index in [1.807, 2.05) is 0 Å². The molecule has 0 fully saturated rings. The van der Waals surface area contributed by atoms with Crippen LogP contribution in [0.2, 0.25) is 0 Å². The molecule has 4 N–H and O–H groups in total. The van der Waals surface area contributed by atoms with E-state index >= 15 is 0 Å². The topological polar surface area (TPSA) is 227 Å². The zero-order valence-corrected chi connectivity index (χ0v) is 21.5. The van der Waals surface area contributed by atoms with Crippen molar-refractivity contribution in [3.05, 3.63) is 65.2 Å². The molecule has 0 bridgehead atoms. The number of nitrogens with one attached hydrogen (secondary N) is 2. The van der Waals surface area contributed by atoms with Gasteiger partial charge in [0, 0.05) is 23.5 Å². The molecule has 0 saturated carbocycles. The third-order valence-electron chi connectivity index (χ3n) is 5.17. The van der Waals surface area contributed by atoms with Crippen molar-refractivity contribution >= 4 is 7.82 Å². The molecule has 5 atom stereocenters. The number of phosphoric acid groups is 1. The van der Waals surface area contributed by atoms with E-state index in [0.29, 0.717) is 0 Å². The van der Waals surface area contributed by atoms with Gasteiger partial charge < -0.3 is 33.6 Å². The molecule has 0 aliphatic heterocycles. The Hall–Kier alpha value is -2.69. The number of rotatable bonds is 14. The van der Waals surface area contributed by atoms with Gasteiger partial charge in [-0.25, -0.2) is 9.59 Å². The molecule has 2 rings (SSSR count). The van der Waals surface area contributed by atoms with Crippen molar-refractivity contribution in [1.29, 1.82) is 0 Å². The molecule has 2 aromatic rings. The summed E-state index contributed by atoms with van der Waals surface area (Å²) >= 11 is 0. The van der Waals surface area contributed by atoms with E-state index in [-0.39, 0.29) is 11.1 Å². The average molecular weight is 549 g/mol. The molecule has 2 aromatic heterocycles. The maximum Gasteiger partial charge on any atom is 0.330 e. The largest absolute Gasteiger partial charge is 0.756 e. The lowest BCUT2D eigenvalue weighted by Gasteiger charge is -2.31. The molecule has 1 unspecified atom stereocenters. The van der Waals surface area contributed by atoms with Gasteiger partial charge in [0.25, 0.3) is 18.9 Å². The average Bonchev–Trinajstić information content (AvgIpc) is 2.79. The standard InChI is InChI=1S/C20H31N4O12P/c1-11-5-23(19(29)21-17(11)27)9-33-15(7-25)14(4)36-37(31,32)35-8-16(13(3)26)34-10-24-6-12(2)18(28)22-20(24)30/h5-6,13-16,25-26H,7-10H2,1-4H3,(H,31,32)(H,21,27,29)(H,22,28,30)/p-1/t13-,14-,15+,16+/m0/s1. The van der Waals surface area contributed by atoms with Crippen molar-refractivity contribution in [1.82, 2.24) is 19.1 Å². The van der Waals surface area contributed by atoms with Crippen molar-refractivity contribution in [3.63, 3.8) is 0 Å². The summed E-state index contributed by atoms with van der Waals surface area (Å²) in [7, 11) is -5.01. The second-order valence-electron chi connectivity index (χ2n) is 8.23. The number of aliphatic hydroxyl groups excluding tert-OH is 2. The fourth-order valence-corrected chi connectivity index (χ4v) is 3.84. The van der Waals surface area contributed by atoms with Crippen molar-refractivity contribution in [2.45, 2.75) is 65.6 Å². The number of hydrogen-bond donors (Lipinski definition) is 4. The number of phosphoric ester groups is 1. The molecule has 2 heterocycles. The van der Waals surface area contributed by atoms with Crippen LogP contribution < -0.4 is 27.4 Å². The van der Waals surface area contributed by atoms with Gasteiger partial charge in [-0.3, -0.25) is 33.3 Å². The molecular formula is C20H30N4O12P-. The Kier molecular flexibility index (Phi) is 10.9. The minimum atomic E-state index is -5.01. The minimum Gasteiger partial charge on any atom is -0.756 e. The number of H-pyrrole nitrogens is 2. The van der Waals surface area contributed by atoms with Crippen molar-refractivity contribution in [3.8, 4) is 0 Å². The molecule has 0 saturated heterocycles. The highest BCUT2D eigenvalue weighted by Gasteiger charge is 2.26. The molecular weight excluding hydrogens is 519 g/mol. The van der Waals surface area contributed by atoms with Crippen LogP contribution in [0.1, 0.15) is 25.0 Å². The lowest BCUT2D eigenvalue weighted by molar-refractivity contribution is -0.238. The highest BCUT2D eigenvalue weighted by molar-refractivity contribution is 7.45. The summed E-state index contributed by atoms with van der Waals surface area (Å²) < 4.78 is 34.8. The van der Waals surface area contributed by atoms with Crippen molar-refractivity contribution in [2.24, 2.45) is 0 Å². The third-order valence-corrected chi connectivity index (χ3v) is 6.22. The predicted octanol–water partition coefficient (Wildman–Crippen LogP) is -2.35. The number of hydrogen-bond acceptors (Lipinski definition) is 12. The van der Waals surface area contributed by atoms with Crippen LogP contribution in [0.5, 0.6) is 0 Å². The zero-order valence-electron chi connectivity index (χ0n) is 20.6. The normalized spacial score (nSPS) is 16.6. The minimum absolute atomic E-state index is 0.237. The number of aromatic nitrogens is 4. The van der Waals surface area contributed by atoms with Gasteiger partial charge in [-0.1, -0.05) is 0 Å². The molecule has 208 valence electrons. The van der Waals surface area contributed by atoms with E-state index in [1.165, 1.54) is 40.1 Å². The van der Waals surface area contributed by atoms with Gasteiger partial charge in [0.05, 0.1) is 25.4 Å². The van der Waals surface area contributed by atoms with Gasteiger partial charge in [-0.2, -0.15) is 0 Å². The summed E-state index contributed by atoms with van der Waals surface area (Å²) in [6.07, 6.45) is -2.42. The van der Waals surface area contributed by atoms with Crippen LogP contribution in [0.3, 0.4) is 0 Å². The maximum absolute atomic E-state index is 12.3. The zero-order chi connectivity index (χ0) is 27.9. The Morgan fingerprint density at radius 1 is 0.946 bits per heavy atom. The molecule has 0 spiro atoms. The lowest BCUT2D eigenvalue weighted by atomic mass is 10.2. The first-order chi connectivity index (χ1) is 17.2. The summed E-state index contributed by atoms with van der Waals surface area (Å²) in [5, 5.41) is 19.5. The Labute approximate surface area is 209 Å². The Morgan fingerprint density at radius 2 is 1.41 bits per heavy atom. The maximum atomic E-state index is 12.3. The third kappa shape index (κ3) is 8.98. The fourth-order valence-electron chi connectivity index (χ4n) is 2.91. The molecule has 0 aliphatic carbocycles. The summed E-state index contributed by atoms with van der Waals surface area (Å²) in [4.78, 5) is 63.1. The number of aryl methyl sites for hydroxylation is 2. The summed E-state index contributed by atoms with van der Waals surface area (Å²) in [6.45, 7) is 3.34. The van der Waals surface area contributed by atoms with Gasteiger partial charge >= 0.3 is 11.4 Å². The number of aromatic amines is 2. The van der Waals surface area contributed by atoms with E-state index in [9.17, 15) is 38.8 Å². The van der Waals surface area contributed by atoms with Crippen LogP contribution in [0.4, 0.5) is 0 Å². The number of nitrogens with zero attached hydrogens (tertiary/aromatic N) is 2. The van der Waals surface area contributed by atoms with E-state index in [2.05, 4.69) is 9.97 Å². The van der Waals surface area contributed by atoms with Crippen LogP contribution in [-0.2, 0) is 36.5 Å². The summed E-state index contributed by atoms with van der Waals surface area (Å²) in [6, 6.07) is 0. The number of ether oxygens (including phenoxy) is 2. The van der Waals surface area contributed by atoms with E-state index in [0.717, 1.165) is 9.13 Å². The highest BCUT2D eigenvalue weighted by Crippen LogP contribution is 2.41. The van der Waals surface area contributed by atoms with Gasteiger partial charge in [0.2, 0.25) is 0 Å². The fraction of sp³-hybridized carbons (Fsp3) is 0.600. The van der Waals surface area contributed by atoms with Crippen LogP contribution in [0, 0.1) is 13.8 Å². The Morgan fingerprint density at radius 3 is 1.84 bits per heavy atom. The second-order valence-corrected chi connectivity index (χ2v) is 9.59. The van der Waals surface area contributed by atoms with Crippen LogP contribution >= 0.6 is 7.82 Å². The Balaban J connectivity index is 1.96. The molecule has 0 amide bonds. The van der Waals surface area contributed by atoms with Gasteiger partial charge in [-0.05, 0) is 27.7 Å². The SMILES string of the molecule is Cc1cn(CO[C@H](COP(=O)([O-])O[C@@H](C)[C@@H](CO)OCn2cc(C)c(=O)[nH]c2=O)[C@H](C)O)c(=O)[nH]c1=O. The first-order valence-electron chi connectivity index (χ1n) is 11.0. The van der Waals surface area contributed by atoms with Gasteiger partial charge in [-0.15, -0.1) is 0 Å². The molecule has 37 heavy (non-hydrogen) atoms. The van der Waals surface area contributed by atoms with E-state index in [1.54, 1.807) is 0 Å². The summed E-state index contributed by atoms with van der Waals surface area (Å²) in [5.41, 5.74) is -2.19. The molecule has 0 radical (unpaired) electrons. The van der Waals surface area contributed by atoms with Crippen LogP contribution in [0.15, 0.2) is 31.6 Å². The quantitative estimate of drug-likeness (QED) is 0.182. The van der Waals surface area contributed by atoms with Crippen molar-refractivity contribution < 1.29 is 38.2 Å². The van der Waals surface area contributed by atoms with E-state index < -0.39 is 81.4 Å². The molecule has 17 heteroatoms. The van der Waals surface area contributed by atoms with Gasteiger partial charge in [0.15, 0.2) is 0 Å². The summed E-state index contributed by atoms with van der Waals surface area (Å²) in [5.74, 6) is 0. The molecule has 16 nitrogen and oxygen atoms in total. The monoisotopic (exact) mass is 549 g/mol. The van der Waals surface area contributed by atoms with Gasteiger partial charge in [0.1, 0.15) is 25.7 Å². The van der Waals surface area contributed by atoms with Crippen LogP contribution in [0.25, 0.3) is 0 Å². The molecule has 0 aromatic carbocycles.